The average molecular weight is 239 g/mol. The monoisotopic (exact) mass is 239 g/mol. The van der Waals surface area contributed by atoms with Crippen LogP contribution >= 0.6 is 0 Å². The van der Waals surface area contributed by atoms with Gasteiger partial charge in [-0.3, -0.25) is 4.79 Å². The molecule has 3 heteroatoms. The van der Waals surface area contributed by atoms with Crippen molar-refractivity contribution in [2.75, 3.05) is 11.4 Å². The van der Waals surface area contributed by atoms with Crippen LogP contribution in [0.15, 0.2) is 53.2 Å². The number of benzene rings is 1. The molecule has 0 radical (unpaired) electrons. The van der Waals surface area contributed by atoms with Gasteiger partial charge in [-0.25, -0.2) is 0 Å². The molecule has 3 rings (SSSR count). The molecule has 18 heavy (non-hydrogen) atoms. The molecular weight excluding hydrogens is 226 g/mol. The first-order chi connectivity index (χ1) is 8.84. The first-order valence-electron chi connectivity index (χ1n) is 5.95. The van der Waals surface area contributed by atoms with Crippen LogP contribution < -0.4 is 4.90 Å². The summed E-state index contributed by atoms with van der Waals surface area (Å²) in [6.45, 7) is 0.751. The number of hydrogen-bond acceptors (Lipinski definition) is 2. The van der Waals surface area contributed by atoms with Crippen molar-refractivity contribution >= 4 is 17.7 Å². The highest BCUT2D eigenvalue weighted by Crippen LogP contribution is 2.27. The number of nitrogens with zero attached hydrogens (tertiary/aromatic N) is 1. The van der Waals surface area contributed by atoms with E-state index in [0.29, 0.717) is 5.76 Å². The lowest BCUT2D eigenvalue weighted by atomic mass is 10.2. The Morgan fingerprint density at radius 2 is 2.11 bits per heavy atom. The molecule has 1 aromatic carbocycles. The minimum atomic E-state index is -0.00338. The van der Waals surface area contributed by atoms with Gasteiger partial charge in [0.2, 0.25) is 0 Å². The van der Waals surface area contributed by atoms with E-state index >= 15 is 0 Å². The largest absolute Gasteiger partial charge is 0.465 e. The Bertz CT molecular complexity index is 584. The van der Waals surface area contributed by atoms with Crippen molar-refractivity contribution < 1.29 is 9.21 Å². The molecule has 3 nitrogen and oxygen atoms in total. The molecule has 1 aromatic heterocycles. The lowest BCUT2D eigenvalue weighted by Gasteiger charge is -2.14. The van der Waals surface area contributed by atoms with Gasteiger partial charge in [0.1, 0.15) is 5.76 Å². The van der Waals surface area contributed by atoms with Crippen molar-refractivity contribution in [1.82, 2.24) is 0 Å². The summed E-state index contributed by atoms with van der Waals surface area (Å²) in [6, 6.07) is 11.6. The summed E-state index contributed by atoms with van der Waals surface area (Å²) in [4.78, 5) is 13.9. The Balaban J connectivity index is 1.79. The van der Waals surface area contributed by atoms with Gasteiger partial charge in [0, 0.05) is 18.3 Å². The van der Waals surface area contributed by atoms with E-state index in [-0.39, 0.29) is 5.91 Å². The number of anilines is 1. The number of amides is 1. The first kappa shape index (κ1) is 10.8. The Kier molecular flexibility index (Phi) is 2.73. The lowest BCUT2D eigenvalue weighted by Crippen LogP contribution is -2.26. The second-order valence-electron chi connectivity index (χ2n) is 4.22. The number of para-hydroxylation sites is 1. The zero-order valence-corrected chi connectivity index (χ0v) is 9.87. The van der Waals surface area contributed by atoms with Gasteiger partial charge in [0.05, 0.1) is 6.26 Å². The van der Waals surface area contributed by atoms with E-state index in [9.17, 15) is 4.79 Å². The summed E-state index contributed by atoms with van der Waals surface area (Å²) in [6.07, 6.45) is 5.77. The summed E-state index contributed by atoms with van der Waals surface area (Å²) in [5.41, 5.74) is 2.25. The summed E-state index contributed by atoms with van der Waals surface area (Å²) < 4.78 is 5.16. The number of carbonyl (C=O) groups excluding carboxylic acids is 1. The van der Waals surface area contributed by atoms with Gasteiger partial charge >= 0.3 is 0 Å². The van der Waals surface area contributed by atoms with Crippen LogP contribution in [0.25, 0.3) is 6.08 Å². The van der Waals surface area contributed by atoms with Crippen LogP contribution in [0.1, 0.15) is 11.3 Å². The molecule has 1 aliphatic heterocycles. The Labute approximate surface area is 105 Å². The standard InChI is InChI=1S/C15H13NO2/c17-15(8-7-13-5-3-11-18-13)16-10-9-12-4-1-2-6-14(12)16/h1-8,11H,9-10H2/b8-7+. The van der Waals surface area contributed by atoms with Crippen LogP contribution in [0, 0.1) is 0 Å². The Morgan fingerprint density at radius 1 is 1.22 bits per heavy atom. The van der Waals surface area contributed by atoms with Gasteiger partial charge in [0.15, 0.2) is 0 Å². The molecule has 0 N–H and O–H groups in total. The summed E-state index contributed by atoms with van der Waals surface area (Å²) >= 11 is 0. The smallest absolute Gasteiger partial charge is 0.251 e. The minimum absolute atomic E-state index is 0.00338. The molecule has 0 bridgehead atoms. The summed E-state index contributed by atoms with van der Waals surface area (Å²) in [7, 11) is 0. The topological polar surface area (TPSA) is 33.5 Å². The molecule has 1 aliphatic rings. The zero-order valence-electron chi connectivity index (χ0n) is 9.87. The minimum Gasteiger partial charge on any atom is -0.465 e. The van der Waals surface area contributed by atoms with Crippen LogP contribution in [0.3, 0.4) is 0 Å². The third-order valence-electron chi connectivity index (χ3n) is 3.09. The molecule has 0 saturated carbocycles. The molecule has 0 fully saturated rings. The van der Waals surface area contributed by atoms with Crippen molar-refractivity contribution in [3.05, 3.63) is 60.1 Å². The SMILES string of the molecule is O=C(/C=C/c1ccco1)N1CCc2ccccc21. The molecule has 0 atom stereocenters. The molecule has 0 unspecified atom stereocenters. The van der Waals surface area contributed by atoms with Crippen molar-refractivity contribution in [2.24, 2.45) is 0 Å². The molecule has 0 saturated heterocycles. The van der Waals surface area contributed by atoms with Crippen LogP contribution in [0.5, 0.6) is 0 Å². The van der Waals surface area contributed by atoms with E-state index < -0.39 is 0 Å². The van der Waals surface area contributed by atoms with Gasteiger partial charge in [0.25, 0.3) is 5.91 Å². The summed E-state index contributed by atoms with van der Waals surface area (Å²) in [5.74, 6) is 0.687. The van der Waals surface area contributed by atoms with Crippen molar-refractivity contribution in [3.63, 3.8) is 0 Å². The zero-order chi connectivity index (χ0) is 12.4. The number of carbonyl (C=O) groups is 1. The van der Waals surface area contributed by atoms with Gasteiger partial charge in [-0.1, -0.05) is 18.2 Å². The number of furan rings is 1. The van der Waals surface area contributed by atoms with E-state index in [1.165, 1.54) is 5.56 Å². The third kappa shape index (κ3) is 1.95. The van der Waals surface area contributed by atoms with E-state index in [1.807, 2.05) is 24.3 Å². The molecule has 2 aromatic rings. The molecule has 90 valence electrons. The van der Waals surface area contributed by atoms with E-state index in [1.54, 1.807) is 29.4 Å². The molecular formula is C15H13NO2. The molecule has 0 spiro atoms. The van der Waals surface area contributed by atoms with E-state index in [2.05, 4.69) is 6.07 Å². The predicted molar refractivity (Wildman–Crippen MR) is 70.2 cm³/mol. The van der Waals surface area contributed by atoms with E-state index in [0.717, 1.165) is 18.7 Å². The fourth-order valence-electron chi connectivity index (χ4n) is 2.20. The van der Waals surface area contributed by atoms with Gasteiger partial charge in [-0.2, -0.15) is 0 Å². The Morgan fingerprint density at radius 3 is 2.94 bits per heavy atom. The van der Waals surface area contributed by atoms with E-state index in [4.69, 9.17) is 4.42 Å². The van der Waals surface area contributed by atoms with Crippen molar-refractivity contribution in [2.45, 2.75) is 6.42 Å². The number of rotatable bonds is 2. The highest BCUT2D eigenvalue weighted by Gasteiger charge is 2.22. The van der Waals surface area contributed by atoms with Gasteiger partial charge in [-0.05, 0) is 36.3 Å². The highest BCUT2D eigenvalue weighted by atomic mass is 16.3. The normalized spacial score (nSPS) is 14.1. The lowest BCUT2D eigenvalue weighted by molar-refractivity contribution is -0.114. The summed E-state index contributed by atoms with van der Waals surface area (Å²) in [5, 5.41) is 0. The van der Waals surface area contributed by atoms with Crippen LogP contribution in [-0.2, 0) is 11.2 Å². The van der Waals surface area contributed by atoms with Crippen molar-refractivity contribution in [1.29, 1.82) is 0 Å². The maximum Gasteiger partial charge on any atom is 0.251 e. The van der Waals surface area contributed by atoms with Crippen LogP contribution in [0.4, 0.5) is 5.69 Å². The second kappa shape index (κ2) is 4.53. The second-order valence-corrected chi connectivity index (χ2v) is 4.22. The maximum absolute atomic E-state index is 12.1. The van der Waals surface area contributed by atoms with Gasteiger partial charge in [-0.15, -0.1) is 0 Å². The van der Waals surface area contributed by atoms with Crippen molar-refractivity contribution in [3.8, 4) is 0 Å². The number of fused-ring (bicyclic) bond motifs is 1. The molecule has 0 aliphatic carbocycles. The van der Waals surface area contributed by atoms with Gasteiger partial charge < -0.3 is 9.32 Å². The molecule has 2 heterocycles. The first-order valence-corrected chi connectivity index (χ1v) is 5.95. The maximum atomic E-state index is 12.1. The highest BCUT2D eigenvalue weighted by molar-refractivity contribution is 6.04. The Hall–Kier alpha value is -2.29. The number of hydrogen-bond donors (Lipinski definition) is 0. The average Bonchev–Trinajstić information content (AvgIpc) is 3.05. The quantitative estimate of drug-likeness (QED) is 0.755. The fourth-order valence-corrected chi connectivity index (χ4v) is 2.20. The van der Waals surface area contributed by atoms with Crippen LogP contribution in [0.2, 0.25) is 0 Å². The predicted octanol–water partition coefficient (Wildman–Crippen LogP) is 2.88. The van der Waals surface area contributed by atoms with Crippen LogP contribution in [-0.4, -0.2) is 12.5 Å². The third-order valence-corrected chi connectivity index (χ3v) is 3.09. The fraction of sp³-hybridized carbons (Fsp3) is 0.133. The molecule has 1 amide bonds.